The third kappa shape index (κ3) is 3.76. The molecule has 0 radical (unpaired) electrons. The van der Waals surface area contributed by atoms with Crippen LogP contribution in [-0.4, -0.2) is 26.7 Å². The first-order valence-corrected chi connectivity index (χ1v) is 10.1. The number of benzene rings is 2. The smallest absolute Gasteiger partial charge is 0.399 e. The molecule has 2 aromatic carbocycles. The van der Waals surface area contributed by atoms with Gasteiger partial charge in [0.15, 0.2) is 0 Å². The fourth-order valence-corrected chi connectivity index (χ4v) is 3.79. The minimum Gasteiger partial charge on any atom is -0.399 e. The van der Waals surface area contributed by atoms with E-state index in [9.17, 15) is 8.42 Å². The van der Waals surface area contributed by atoms with Gasteiger partial charge >= 0.3 is 7.12 Å². The number of rotatable bonds is 4. The zero-order valence-electron chi connectivity index (χ0n) is 15.1. The summed E-state index contributed by atoms with van der Waals surface area (Å²) in [5, 5.41) is 0.460. The molecule has 0 bridgehead atoms. The van der Waals surface area contributed by atoms with Gasteiger partial charge in [0.2, 0.25) is 0 Å². The van der Waals surface area contributed by atoms with Crippen LogP contribution < -0.4 is 10.2 Å². The van der Waals surface area contributed by atoms with E-state index in [0.29, 0.717) is 10.7 Å². The van der Waals surface area contributed by atoms with Crippen molar-refractivity contribution in [2.45, 2.75) is 43.8 Å². The SMILES string of the molecule is CC1(C)OB(c2ccc(S(=O)(=O)Nc3cccc(Cl)c3)cc2)OC1(C)C. The lowest BCUT2D eigenvalue weighted by atomic mass is 9.79. The first-order valence-electron chi connectivity index (χ1n) is 8.24. The van der Waals surface area contributed by atoms with Crippen LogP contribution in [-0.2, 0) is 19.3 Å². The third-order valence-electron chi connectivity index (χ3n) is 4.79. The van der Waals surface area contributed by atoms with Gasteiger partial charge in [-0.1, -0.05) is 29.8 Å². The fourth-order valence-electron chi connectivity index (χ4n) is 2.55. The van der Waals surface area contributed by atoms with E-state index in [1.165, 1.54) is 12.1 Å². The van der Waals surface area contributed by atoms with Crippen molar-refractivity contribution in [1.29, 1.82) is 0 Å². The van der Waals surface area contributed by atoms with Crippen LogP contribution in [0.5, 0.6) is 0 Å². The molecule has 138 valence electrons. The second kappa shape index (κ2) is 6.57. The van der Waals surface area contributed by atoms with Gasteiger partial charge in [-0.2, -0.15) is 0 Å². The van der Waals surface area contributed by atoms with Gasteiger partial charge in [-0.3, -0.25) is 4.72 Å². The number of halogens is 1. The number of nitrogens with one attached hydrogen (secondary N) is 1. The first-order chi connectivity index (χ1) is 12.0. The van der Waals surface area contributed by atoms with Crippen LogP contribution in [0.15, 0.2) is 53.4 Å². The second-order valence-corrected chi connectivity index (χ2v) is 9.39. The van der Waals surface area contributed by atoms with E-state index in [4.69, 9.17) is 20.9 Å². The molecule has 1 aliphatic rings. The zero-order valence-corrected chi connectivity index (χ0v) is 16.7. The highest BCUT2D eigenvalue weighted by Gasteiger charge is 2.51. The molecule has 2 aromatic rings. The molecule has 0 aliphatic carbocycles. The van der Waals surface area contributed by atoms with Gasteiger partial charge in [-0.25, -0.2) is 8.42 Å². The van der Waals surface area contributed by atoms with Crippen molar-refractivity contribution in [3.63, 3.8) is 0 Å². The molecule has 0 atom stereocenters. The van der Waals surface area contributed by atoms with Gasteiger partial charge in [-0.05, 0) is 63.5 Å². The molecule has 0 spiro atoms. The summed E-state index contributed by atoms with van der Waals surface area (Å²) < 4.78 is 39.6. The van der Waals surface area contributed by atoms with Crippen molar-refractivity contribution >= 4 is 39.9 Å². The Morgan fingerprint density at radius 2 is 1.54 bits per heavy atom. The molecule has 0 unspecified atom stereocenters. The van der Waals surface area contributed by atoms with E-state index in [1.807, 2.05) is 27.7 Å². The van der Waals surface area contributed by atoms with Crippen molar-refractivity contribution in [3.8, 4) is 0 Å². The first kappa shape index (κ1) is 19.2. The molecule has 3 rings (SSSR count). The lowest BCUT2D eigenvalue weighted by molar-refractivity contribution is 0.00578. The number of anilines is 1. The molecule has 8 heteroatoms. The molecular formula is C18H21BClNO4S. The summed E-state index contributed by atoms with van der Waals surface area (Å²) in [5.74, 6) is 0. The van der Waals surface area contributed by atoms with E-state index < -0.39 is 28.3 Å². The van der Waals surface area contributed by atoms with Crippen molar-refractivity contribution in [2.24, 2.45) is 0 Å². The fraction of sp³-hybridized carbons (Fsp3) is 0.333. The standard InChI is InChI=1S/C18H21BClNO4S/c1-17(2)18(3,4)25-19(24-17)13-8-10-16(11-9-13)26(22,23)21-15-7-5-6-14(20)12-15/h5-12,21H,1-4H3. The number of hydrogen-bond donors (Lipinski definition) is 1. The van der Waals surface area contributed by atoms with E-state index in [2.05, 4.69) is 4.72 Å². The van der Waals surface area contributed by atoms with Crippen LogP contribution in [0.25, 0.3) is 0 Å². The molecule has 1 N–H and O–H groups in total. The molecular weight excluding hydrogens is 373 g/mol. The van der Waals surface area contributed by atoms with Gasteiger partial charge in [0, 0.05) is 5.02 Å². The zero-order chi connectivity index (χ0) is 19.2. The van der Waals surface area contributed by atoms with Gasteiger partial charge in [-0.15, -0.1) is 0 Å². The predicted molar refractivity (Wildman–Crippen MR) is 104 cm³/mol. The van der Waals surface area contributed by atoms with Crippen LogP contribution in [0.4, 0.5) is 5.69 Å². The maximum atomic E-state index is 12.5. The summed E-state index contributed by atoms with van der Waals surface area (Å²) in [6.07, 6.45) is 0. The number of hydrogen-bond acceptors (Lipinski definition) is 4. The Kier molecular flexibility index (Phi) is 4.86. The Hall–Kier alpha value is -1.54. The summed E-state index contributed by atoms with van der Waals surface area (Å²) in [4.78, 5) is 0.151. The molecule has 1 aliphatic heterocycles. The Balaban J connectivity index is 1.79. The molecule has 1 heterocycles. The van der Waals surface area contributed by atoms with Crippen molar-refractivity contribution in [1.82, 2.24) is 0 Å². The summed E-state index contributed by atoms with van der Waals surface area (Å²) in [6, 6.07) is 13.0. The molecule has 0 aromatic heterocycles. The number of sulfonamides is 1. The topological polar surface area (TPSA) is 64.6 Å². The van der Waals surface area contributed by atoms with Crippen LogP contribution in [0.2, 0.25) is 5.02 Å². The Morgan fingerprint density at radius 3 is 2.08 bits per heavy atom. The summed E-state index contributed by atoms with van der Waals surface area (Å²) >= 11 is 5.90. The van der Waals surface area contributed by atoms with Gasteiger partial charge in [0.1, 0.15) is 0 Å². The van der Waals surface area contributed by atoms with Crippen LogP contribution >= 0.6 is 11.6 Å². The van der Waals surface area contributed by atoms with Crippen molar-refractivity contribution in [2.75, 3.05) is 4.72 Å². The second-order valence-electron chi connectivity index (χ2n) is 7.27. The van der Waals surface area contributed by atoms with Gasteiger partial charge in [0.25, 0.3) is 10.0 Å². The average molecular weight is 394 g/mol. The average Bonchev–Trinajstić information content (AvgIpc) is 2.75. The van der Waals surface area contributed by atoms with Gasteiger partial charge < -0.3 is 9.31 Å². The highest BCUT2D eigenvalue weighted by atomic mass is 35.5. The maximum Gasteiger partial charge on any atom is 0.494 e. The normalized spacial score (nSPS) is 18.7. The van der Waals surface area contributed by atoms with Crippen LogP contribution in [0.3, 0.4) is 0 Å². The Morgan fingerprint density at radius 1 is 0.962 bits per heavy atom. The summed E-state index contributed by atoms with van der Waals surface area (Å²) in [5.41, 5.74) is 0.283. The molecule has 26 heavy (non-hydrogen) atoms. The quantitative estimate of drug-likeness (QED) is 0.808. The third-order valence-corrected chi connectivity index (χ3v) is 6.42. The Bertz CT molecular complexity index is 897. The molecule has 1 saturated heterocycles. The molecule has 5 nitrogen and oxygen atoms in total. The predicted octanol–water partition coefficient (Wildman–Crippen LogP) is 3.44. The minimum absolute atomic E-state index is 0.151. The lowest BCUT2D eigenvalue weighted by Gasteiger charge is -2.32. The highest BCUT2D eigenvalue weighted by molar-refractivity contribution is 7.92. The van der Waals surface area contributed by atoms with Crippen LogP contribution in [0, 0.1) is 0 Å². The molecule has 0 amide bonds. The van der Waals surface area contributed by atoms with E-state index in [0.717, 1.165) is 5.46 Å². The van der Waals surface area contributed by atoms with Crippen LogP contribution in [0.1, 0.15) is 27.7 Å². The Labute approximate surface area is 159 Å². The summed E-state index contributed by atoms with van der Waals surface area (Å²) in [6.45, 7) is 7.89. The molecule has 0 saturated carbocycles. The van der Waals surface area contributed by atoms with E-state index in [-0.39, 0.29) is 4.90 Å². The van der Waals surface area contributed by atoms with Crippen molar-refractivity contribution < 1.29 is 17.7 Å². The summed E-state index contributed by atoms with van der Waals surface area (Å²) in [7, 11) is -4.24. The minimum atomic E-state index is -3.71. The monoisotopic (exact) mass is 393 g/mol. The van der Waals surface area contributed by atoms with Crippen molar-refractivity contribution in [3.05, 3.63) is 53.6 Å². The maximum absolute atomic E-state index is 12.5. The lowest BCUT2D eigenvalue weighted by Crippen LogP contribution is -2.41. The van der Waals surface area contributed by atoms with E-state index in [1.54, 1.807) is 36.4 Å². The van der Waals surface area contributed by atoms with Gasteiger partial charge in [0.05, 0.1) is 21.8 Å². The highest BCUT2D eigenvalue weighted by Crippen LogP contribution is 2.36. The van der Waals surface area contributed by atoms with E-state index >= 15 is 0 Å². The molecule has 1 fully saturated rings. The largest absolute Gasteiger partial charge is 0.494 e.